The molecule has 2 rings (SSSR count). The summed E-state index contributed by atoms with van der Waals surface area (Å²) < 4.78 is 0. The van der Waals surface area contributed by atoms with Gasteiger partial charge in [-0.3, -0.25) is 4.79 Å². The standard InChI is InChI=1S/C10H17ClN2O/c11-9-4-10(14)13(7-9)6-8-2-1-3-12-5-8/h8-9,12H,1-7H2. The molecule has 0 spiro atoms. The second-order valence-corrected chi connectivity index (χ2v) is 4.93. The Morgan fingerprint density at radius 3 is 3.00 bits per heavy atom. The predicted molar refractivity (Wildman–Crippen MR) is 56.4 cm³/mol. The number of carbonyl (C=O) groups is 1. The number of piperidine rings is 1. The first-order valence-corrected chi connectivity index (χ1v) is 5.82. The van der Waals surface area contributed by atoms with E-state index in [4.69, 9.17) is 11.6 Å². The first-order valence-electron chi connectivity index (χ1n) is 5.38. The molecule has 1 N–H and O–H groups in total. The van der Waals surface area contributed by atoms with Crippen LogP contribution in [0.3, 0.4) is 0 Å². The largest absolute Gasteiger partial charge is 0.341 e. The van der Waals surface area contributed by atoms with Gasteiger partial charge in [0.15, 0.2) is 0 Å². The molecule has 2 aliphatic rings. The van der Waals surface area contributed by atoms with Crippen LogP contribution >= 0.6 is 11.6 Å². The maximum Gasteiger partial charge on any atom is 0.224 e. The third kappa shape index (κ3) is 2.39. The fraction of sp³-hybridized carbons (Fsp3) is 0.900. The van der Waals surface area contributed by atoms with E-state index < -0.39 is 0 Å². The lowest BCUT2D eigenvalue weighted by Gasteiger charge is -2.27. The summed E-state index contributed by atoms with van der Waals surface area (Å²) in [5.74, 6) is 0.866. The molecule has 2 saturated heterocycles. The smallest absolute Gasteiger partial charge is 0.224 e. The maximum atomic E-state index is 11.5. The van der Waals surface area contributed by atoms with Gasteiger partial charge in [-0.05, 0) is 31.8 Å². The Hall–Kier alpha value is -0.280. The lowest BCUT2D eigenvalue weighted by Crippen LogP contribution is -2.39. The second kappa shape index (κ2) is 4.49. The van der Waals surface area contributed by atoms with Gasteiger partial charge in [0, 0.05) is 19.5 Å². The number of rotatable bonds is 2. The zero-order valence-corrected chi connectivity index (χ0v) is 9.09. The number of carbonyl (C=O) groups excluding carboxylic acids is 1. The molecule has 80 valence electrons. The molecule has 2 fully saturated rings. The van der Waals surface area contributed by atoms with Crippen LogP contribution < -0.4 is 5.32 Å². The van der Waals surface area contributed by atoms with Gasteiger partial charge in [0.05, 0.1) is 5.38 Å². The van der Waals surface area contributed by atoms with E-state index in [1.807, 2.05) is 4.90 Å². The minimum absolute atomic E-state index is 0.0408. The van der Waals surface area contributed by atoms with Crippen molar-refractivity contribution in [1.82, 2.24) is 10.2 Å². The number of nitrogens with one attached hydrogen (secondary N) is 1. The molecule has 4 heteroatoms. The number of hydrogen-bond acceptors (Lipinski definition) is 2. The Labute approximate surface area is 89.8 Å². The molecule has 0 aliphatic carbocycles. The van der Waals surface area contributed by atoms with Gasteiger partial charge >= 0.3 is 0 Å². The van der Waals surface area contributed by atoms with Crippen LogP contribution in [0.25, 0.3) is 0 Å². The summed E-state index contributed by atoms with van der Waals surface area (Å²) in [7, 11) is 0. The number of likely N-dealkylation sites (tertiary alicyclic amines) is 1. The summed E-state index contributed by atoms with van der Waals surface area (Å²) >= 11 is 5.94. The first-order chi connectivity index (χ1) is 6.75. The summed E-state index contributed by atoms with van der Waals surface area (Å²) in [6, 6.07) is 0. The molecule has 2 atom stereocenters. The average molecular weight is 217 g/mol. The molecule has 0 saturated carbocycles. The quantitative estimate of drug-likeness (QED) is 0.694. The van der Waals surface area contributed by atoms with Gasteiger partial charge in [0.2, 0.25) is 5.91 Å². The van der Waals surface area contributed by atoms with Crippen molar-refractivity contribution in [3.8, 4) is 0 Å². The molecule has 1 amide bonds. The van der Waals surface area contributed by atoms with Gasteiger partial charge in [-0.1, -0.05) is 0 Å². The third-order valence-corrected chi connectivity index (χ3v) is 3.34. The maximum absolute atomic E-state index is 11.5. The van der Waals surface area contributed by atoms with Crippen LogP contribution in [0, 0.1) is 5.92 Å². The highest BCUT2D eigenvalue weighted by molar-refractivity contribution is 6.22. The van der Waals surface area contributed by atoms with Crippen molar-refractivity contribution < 1.29 is 4.79 Å². The van der Waals surface area contributed by atoms with E-state index in [0.717, 1.165) is 26.2 Å². The van der Waals surface area contributed by atoms with Gasteiger partial charge in [-0.15, -0.1) is 11.6 Å². The lowest BCUT2D eigenvalue weighted by molar-refractivity contribution is -0.128. The van der Waals surface area contributed by atoms with Crippen LogP contribution in [0.4, 0.5) is 0 Å². The Morgan fingerprint density at radius 2 is 2.43 bits per heavy atom. The molecule has 3 nitrogen and oxygen atoms in total. The zero-order valence-electron chi connectivity index (χ0n) is 8.34. The van der Waals surface area contributed by atoms with Crippen molar-refractivity contribution >= 4 is 17.5 Å². The molecule has 0 radical (unpaired) electrons. The molecule has 0 aromatic heterocycles. The van der Waals surface area contributed by atoms with Crippen LogP contribution in [0.2, 0.25) is 0 Å². The van der Waals surface area contributed by atoms with E-state index in [2.05, 4.69) is 5.32 Å². The van der Waals surface area contributed by atoms with Crippen molar-refractivity contribution in [2.24, 2.45) is 5.92 Å². The minimum Gasteiger partial charge on any atom is -0.341 e. The van der Waals surface area contributed by atoms with Crippen molar-refractivity contribution in [2.75, 3.05) is 26.2 Å². The highest BCUT2D eigenvalue weighted by Crippen LogP contribution is 2.19. The third-order valence-electron chi connectivity index (χ3n) is 3.04. The number of halogens is 1. The average Bonchev–Trinajstić information content (AvgIpc) is 2.47. The van der Waals surface area contributed by atoms with Crippen molar-refractivity contribution in [2.45, 2.75) is 24.6 Å². The fourth-order valence-corrected chi connectivity index (χ4v) is 2.59. The summed E-state index contributed by atoms with van der Waals surface area (Å²) in [6.07, 6.45) is 3.00. The lowest BCUT2D eigenvalue weighted by atomic mass is 9.99. The SMILES string of the molecule is O=C1CC(Cl)CN1CC1CCCNC1. The second-order valence-electron chi connectivity index (χ2n) is 4.31. The number of hydrogen-bond donors (Lipinski definition) is 1. The summed E-state index contributed by atoms with van der Waals surface area (Å²) in [4.78, 5) is 13.4. The first kappa shape index (κ1) is 10.2. The van der Waals surface area contributed by atoms with Gasteiger partial charge < -0.3 is 10.2 Å². The van der Waals surface area contributed by atoms with Gasteiger partial charge in [-0.25, -0.2) is 0 Å². The molecule has 2 heterocycles. The van der Waals surface area contributed by atoms with E-state index >= 15 is 0 Å². The van der Waals surface area contributed by atoms with Gasteiger partial charge in [0.25, 0.3) is 0 Å². The Bertz CT molecular complexity index is 216. The Balaban J connectivity index is 1.81. The molecule has 2 aliphatic heterocycles. The van der Waals surface area contributed by atoms with Crippen LogP contribution in [0.1, 0.15) is 19.3 Å². The summed E-state index contributed by atoms with van der Waals surface area (Å²) in [5.41, 5.74) is 0. The molecular formula is C10H17ClN2O. The van der Waals surface area contributed by atoms with Crippen molar-refractivity contribution in [3.05, 3.63) is 0 Å². The molecule has 0 bridgehead atoms. The monoisotopic (exact) mass is 216 g/mol. The number of nitrogens with zero attached hydrogens (tertiary/aromatic N) is 1. The number of alkyl halides is 1. The van der Waals surface area contributed by atoms with Gasteiger partial charge in [0.1, 0.15) is 0 Å². The van der Waals surface area contributed by atoms with E-state index in [1.165, 1.54) is 12.8 Å². The minimum atomic E-state index is 0.0408. The van der Waals surface area contributed by atoms with Crippen molar-refractivity contribution in [3.63, 3.8) is 0 Å². The van der Waals surface area contributed by atoms with Crippen LogP contribution in [-0.4, -0.2) is 42.4 Å². The molecule has 0 aromatic carbocycles. The van der Waals surface area contributed by atoms with Crippen LogP contribution in [0.5, 0.6) is 0 Å². The topological polar surface area (TPSA) is 32.3 Å². The van der Waals surface area contributed by atoms with Crippen LogP contribution in [-0.2, 0) is 4.79 Å². The highest BCUT2D eigenvalue weighted by atomic mass is 35.5. The predicted octanol–water partition coefficient (Wildman–Crippen LogP) is 0.826. The Kier molecular flexibility index (Phi) is 3.29. The molecular weight excluding hydrogens is 200 g/mol. The normalized spacial score (nSPS) is 33.8. The highest BCUT2D eigenvalue weighted by Gasteiger charge is 2.29. The molecule has 0 aromatic rings. The van der Waals surface area contributed by atoms with E-state index in [1.54, 1.807) is 0 Å². The van der Waals surface area contributed by atoms with Gasteiger partial charge in [-0.2, -0.15) is 0 Å². The fourth-order valence-electron chi connectivity index (χ4n) is 2.29. The number of amides is 1. The zero-order chi connectivity index (χ0) is 9.97. The molecule has 14 heavy (non-hydrogen) atoms. The Morgan fingerprint density at radius 1 is 1.57 bits per heavy atom. The summed E-state index contributed by atoms with van der Waals surface area (Å²) in [6.45, 7) is 3.82. The van der Waals surface area contributed by atoms with Crippen LogP contribution in [0.15, 0.2) is 0 Å². The molecule has 2 unspecified atom stereocenters. The van der Waals surface area contributed by atoms with E-state index in [-0.39, 0.29) is 11.3 Å². The van der Waals surface area contributed by atoms with Crippen molar-refractivity contribution in [1.29, 1.82) is 0 Å². The summed E-state index contributed by atoms with van der Waals surface area (Å²) in [5, 5.41) is 3.40. The van der Waals surface area contributed by atoms with E-state index in [0.29, 0.717) is 12.3 Å². The van der Waals surface area contributed by atoms with E-state index in [9.17, 15) is 4.79 Å².